The van der Waals surface area contributed by atoms with Crippen molar-refractivity contribution in [1.82, 2.24) is 15.5 Å². The Morgan fingerprint density at radius 3 is 2.44 bits per heavy atom. The number of nitrogens with zero attached hydrogens (tertiary/aromatic N) is 1. The Bertz CT molecular complexity index is 623. The monoisotopic (exact) mass is 357 g/mol. The molecule has 0 unspecified atom stereocenters. The molecule has 0 saturated heterocycles. The average molecular weight is 357 g/mol. The van der Waals surface area contributed by atoms with Crippen LogP contribution in [0.3, 0.4) is 0 Å². The molecular formula is C16H21F2N3O4. The van der Waals surface area contributed by atoms with E-state index in [0.29, 0.717) is 0 Å². The van der Waals surface area contributed by atoms with Gasteiger partial charge in [0, 0.05) is 13.1 Å². The number of ether oxygens (including phenoxy) is 1. The van der Waals surface area contributed by atoms with Gasteiger partial charge in [-0.25, -0.2) is 0 Å². The number of alkyl halides is 2. The molecule has 0 aromatic heterocycles. The van der Waals surface area contributed by atoms with E-state index < -0.39 is 18.4 Å². The van der Waals surface area contributed by atoms with Crippen LogP contribution in [0.2, 0.25) is 0 Å². The molecular weight excluding hydrogens is 336 g/mol. The SMILES string of the molecule is CC(C)NC(=O)CN(C)C(=O)CNC(=O)c1ccccc1OC(F)F. The van der Waals surface area contributed by atoms with Crippen molar-refractivity contribution in [1.29, 1.82) is 0 Å². The quantitative estimate of drug-likeness (QED) is 0.727. The first-order chi connectivity index (χ1) is 11.7. The second kappa shape index (κ2) is 9.55. The number of amides is 3. The van der Waals surface area contributed by atoms with Gasteiger partial charge in [-0.2, -0.15) is 8.78 Å². The Balaban J connectivity index is 2.58. The van der Waals surface area contributed by atoms with Crippen LogP contribution in [-0.2, 0) is 9.59 Å². The Hall–Kier alpha value is -2.71. The Labute approximate surface area is 144 Å². The number of para-hydroxylation sites is 1. The van der Waals surface area contributed by atoms with Gasteiger partial charge in [-0.1, -0.05) is 12.1 Å². The van der Waals surface area contributed by atoms with Gasteiger partial charge in [0.2, 0.25) is 11.8 Å². The van der Waals surface area contributed by atoms with E-state index in [1.165, 1.54) is 31.3 Å². The third-order valence-electron chi connectivity index (χ3n) is 3.00. The summed E-state index contributed by atoms with van der Waals surface area (Å²) in [5, 5.41) is 4.96. The number of benzene rings is 1. The van der Waals surface area contributed by atoms with E-state index in [-0.39, 0.29) is 36.4 Å². The number of nitrogens with one attached hydrogen (secondary N) is 2. The highest BCUT2D eigenvalue weighted by Gasteiger charge is 2.18. The van der Waals surface area contributed by atoms with Gasteiger partial charge >= 0.3 is 6.61 Å². The zero-order valence-corrected chi connectivity index (χ0v) is 14.2. The Morgan fingerprint density at radius 1 is 1.20 bits per heavy atom. The van der Waals surface area contributed by atoms with Crippen LogP contribution in [0.15, 0.2) is 24.3 Å². The summed E-state index contributed by atoms with van der Waals surface area (Å²) in [7, 11) is 1.42. The predicted octanol–water partition coefficient (Wildman–Crippen LogP) is 1.00. The maximum absolute atomic E-state index is 12.3. The first-order valence-corrected chi connectivity index (χ1v) is 7.56. The predicted molar refractivity (Wildman–Crippen MR) is 86.3 cm³/mol. The van der Waals surface area contributed by atoms with Gasteiger partial charge in [0.25, 0.3) is 5.91 Å². The molecule has 0 aliphatic heterocycles. The number of likely N-dealkylation sites (N-methyl/N-ethyl adjacent to an activating group) is 1. The summed E-state index contributed by atoms with van der Waals surface area (Å²) in [4.78, 5) is 36.7. The van der Waals surface area contributed by atoms with Crippen molar-refractivity contribution < 1.29 is 27.9 Å². The van der Waals surface area contributed by atoms with Crippen molar-refractivity contribution in [3.05, 3.63) is 29.8 Å². The maximum Gasteiger partial charge on any atom is 0.387 e. The molecule has 0 aliphatic rings. The highest BCUT2D eigenvalue weighted by atomic mass is 19.3. The number of carbonyl (C=O) groups excluding carboxylic acids is 3. The van der Waals surface area contributed by atoms with E-state index in [1.54, 1.807) is 13.8 Å². The van der Waals surface area contributed by atoms with Crippen molar-refractivity contribution in [3.63, 3.8) is 0 Å². The molecule has 7 nitrogen and oxygen atoms in total. The lowest BCUT2D eigenvalue weighted by atomic mass is 10.2. The highest BCUT2D eigenvalue weighted by Crippen LogP contribution is 2.19. The number of hydrogen-bond acceptors (Lipinski definition) is 4. The molecule has 1 aromatic rings. The zero-order valence-electron chi connectivity index (χ0n) is 14.2. The third-order valence-corrected chi connectivity index (χ3v) is 3.00. The molecule has 0 fully saturated rings. The van der Waals surface area contributed by atoms with Crippen LogP contribution in [0.1, 0.15) is 24.2 Å². The largest absolute Gasteiger partial charge is 0.434 e. The van der Waals surface area contributed by atoms with E-state index in [9.17, 15) is 23.2 Å². The van der Waals surface area contributed by atoms with Crippen molar-refractivity contribution in [2.24, 2.45) is 0 Å². The van der Waals surface area contributed by atoms with Crippen LogP contribution in [0, 0.1) is 0 Å². The molecule has 2 N–H and O–H groups in total. The van der Waals surface area contributed by atoms with Crippen molar-refractivity contribution in [2.75, 3.05) is 20.1 Å². The summed E-state index contributed by atoms with van der Waals surface area (Å²) in [6.07, 6.45) is 0. The summed E-state index contributed by atoms with van der Waals surface area (Å²) in [5.74, 6) is -1.84. The van der Waals surface area contributed by atoms with E-state index >= 15 is 0 Å². The second-order valence-electron chi connectivity index (χ2n) is 5.53. The lowest BCUT2D eigenvalue weighted by Gasteiger charge is -2.18. The van der Waals surface area contributed by atoms with Crippen LogP contribution in [-0.4, -0.2) is 55.4 Å². The number of hydrogen-bond donors (Lipinski definition) is 2. The summed E-state index contributed by atoms with van der Waals surface area (Å²) in [6.45, 7) is -0.0237. The molecule has 0 heterocycles. The van der Waals surface area contributed by atoms with Gasteiger partial charge < -0.3 is 20.3 Å². The summed E-state index contributed by atoms with van der Waals surface area (Å²) in [6, 6.07) is 5.41. The van der Waals surface area contributed by atoms with Crippen LogP contribution in [0.5, 0.6) is 5.75 Å². The summed E-state index contributed by atoms with van der Waals surface area (Å²) >= 11 is 0. The van der Waals surface area contributed by atoms with E-state index in [4.69, 9.17) is 0 Å². The molecule has 9 heteroatoms. The standard InChI is InChI=1S/C16H21F2N3O4/c1-10(2)20-13(22)9-21(3)14(23)8-19-15(24)11-6-4-5-7-12(11)25-16(17)18/h4-7,10,16H,8-9H2,1-3H3,(H,19,24)(H,20,22). The minimum atomic E-state index is -3.07. The number of halogens is 2. The van der Waals surface area contributed by atoms with Gasteiger partial charge in [0.15, 0.2) is 0 Å². The van der Waals surface area contributed by atoms with E-state index in [0.717, 1.165) is 4.90 Å². The molecule has 0 radical (unpaired) electrons. The van der Waals surface area contributed by atoms with Crippen LogP contribution >= 0.6 is 0 Å². The maximum atomic E-state index is 12.3. The zero-order chi connectivity index (χ0) is 19.0. The topological polar surface area (TPSA) is 87.7 Å². The average Bonchev–Trinajstić information content (AvgIpc) is 2.51. The van der Waals surface area contributed by atoms with Crippen LogP contribution in [0.4, 0.5) is 8.78 Å². The highest BCUT2D eigenvalue weighted by molar-refractivity contribution is 5.99. The number of carbonyl (C=O) groups is 3. The van der Waals surface area contributed by atoms with Gasteiger partial charge in [-0.15, -0.1) is 0 Å². The normalized spacial score (nSPS) is 10.5. The van der Waals surface area contributed by atoms with Gasteiger partial charge in [0.05, 0.1) is 18.7 Å². The van der Waals surface area contributed by atoms with Crippen molar-refractivity contribution in [2.45, 2.75) is 26.5 Å². The van der Waals surface area contributed by atoms with E-state index in [2.05, 4.69) is 15.4 Å². The number of rotatable bonds is 8. The Morgan fingerprint density at radius 2 is 1.84 bits per heavy atom. The fourth-order valence-electron chi connectivity index (χ4n) is 1.91. The van der Waals surface area contributed by atoms with Crippen molar-refractivity contribution in [3.8, 4) is 5.75 Å². The molecule has 25 heavy (non-hydrogen) atoms. The minimum Gasteiger partial charge on any atom is -0.434 e. The van der Waals surface area contributed by atoms with Gasteiger partial charge in [-0.3, -0.25) is 14.4 Å². The lowest BCUT2D eigenvalue weighted by molar-refractivity contribution is -0.134. The smallest absolute Gasteiger partial charge is 0.387 e. The minimum absolute atomic E-state index is 0.0537. The molecule has 0 saturated carbocycles. The third kappa shape index (κ3) is 7.15. The molecule has 1 aromatic carbocycles. The molecule has 3 amide bonds. The first kappa shape index (κ1) is 20.3. The fourth-order valence-corrected chi connectivity index (χ4v) is 1.91. The lowest BCUT2D eigenvalue weighted by Crippen LogP contribution is -2.44. The van der Waals surface area contributed by atoms with Crippen molar-refractivity contribution >= 4 is 17.7 Å². The molecule has 0 atom stereocenters. The molecule has 1 rings (SSSR count). The van der Waals surface area contributed by atoms with Crippen LogP contribution < -0.4 is 15.4 Å². The fraction of sp³-hybridized carbons (Fsp3) is 0.438. The Kier molecular flexibility index (Phi) is 7.77. The summed E-state index contributed by atoms with van der Waals surface area (Å²) in [5.41, 5.74) is -0.115. The first-order valence-electron chi connectivity index (χ1n) is 7.56. The molecule has 0 aliphatic carbocycles. The molecule has 0 bridgehead atoms. The molecule has 0 spiro atoms. The summed E-state index contributed by atoms with van der Waals surface area (Å²) < 4.78 is 29.0. The van der Waals surface area contributed by atoms with E-state index in [1.807, 2.05) is 0 Å². The molecule has 138 valence electrons. The van der Waals surface area contributed by atoms with Gasteiger partial charge in [-0.05, 0) is 26.0 Å². The van der Waals surface area contributed by atoms with Crippen LogP contribution in [0.25, 0.3) is 0 Å². The second-order valence-corrected chi connectivity index (χ2v) is 5.53. The van der Waals surface area contributed by atoms with Gasteiger partial charge in [0.1, 0.15) is 5.75 Å².